The first kappa shape index (κ1) is 16.5. The lowest BCUT2D eigenvalue weighted by Gasteiger charge is -2.13. The third-order valence-corrected chi connectivity index (χ3v) is 5.61. The van der Waals surface area contributed by atoms with Gasteiger partial charge in [-0.3, -0.25) is 9.52 Å². The van der Waals surface area contributed by atoms with E-state index in [0.717, 1.165) is 5.56 Å². The topological polar surface area (TPSA) is 79.0 Å². The molecule has 2 aromatic carbocycles. The summed E-state index contributed by atoms with van der Waals surface area (Å²) < 4.78 is 28.0. The van der Waals surface area contributed by atoms with Gasteiger partial charge in [0.15, 0.2) is 0 Å². The number of H-pyrrole nitrogens is 1. The van der Waals surface area contributed by atoms with Gasteiger partial charge in [-0.05, 0) is 43.2 Å². The number of halogens is 1. The van der Waals surface area contributed by atoms with Gasteiger partial charge in [-0.15, -0.1) is 0 Å². The van der Waals surface area contributed by atoms with Crippen LogP contribution in [0, 0.1) is 13.8 Å². The van der Waals surface area contributed by atoms with Gasteiger partial charge < -0.3 is 4.98 Å². The summed E-state index contributed by atoms with van der Waals surface area (Å²) >= 11 is 6.16. The molecule has 0 aliphatic carbocycles. The maximum Gasteiger partial charge on any atom is 0.263 e. The lowest BCUT2D eigenvalue weighted by Crippen LogP contribution is -2.15. The van der Waals surface area contributed by atoms with E-state index in [9.17, 15) is 13.2 Å². The number of aryl methyl sites for hydroxylation is 2. The van der Waals surface area contributed by atoms with Crippen LogP contribution in [-0.2, 0) is 10.0 Å². The van der Waals surface area contributed by atoms with E-state index >= 15 is 0 Å². The summed E-state index contributed by atoms with van der Waals surface area (Å²) in [6.07, 6.45) is 0. The molecule has 0 saturated carbocycles. The summed E-state index contributed by atoms with van der Waals surface area (Å²) in [5.41, 5.74) is 2.22. The number of hydrogen-bond donors (Lipinski definition) is 2. The second kappa shape index (κ2) is 5.96. The minimum Gasteiger partial charge on any atom is -0.322 e. The fourth-order valence-corrected chi connectivity index (χ4v) is 4.20. The Hall–Kier alpha value is -2.31. The molecule has 0 unspecified atom stereocenters. The Labute approximate surface area is 144 Å². The molecular weight excluding hydrogens is 348 g/mol. The van der Waals surface area contributed by atoms with Gasteiger partial charge in [-0.1, -0.05) is 29.8 Å². The average Bonchev–Trinajstić information content (AvgIpc) is 2.48. The Balaban J connectivity index is 2.16. The van der Waals surface area contributed by atoms with E-state index in [4.69, 9.17) is 11.6 Å². The molecule has 0 atom stereocenters. The fraction of sp³-hybridized carbons (Fsp3) is 0.118. The summed E-state index contributed by atoms with van der Waals surface area (Å²) in [5.74, 6) is 0. The number of aromatic amines is 1. The van der Waals surface area contributed by atoms with Crippen molar-refractivity contribution in [1.82, 2.24) is 4.98 Å². The number of fused-ring (bicyclic) bond motifs is 1. The molecule has 0 aliphatic heterocycles. The van der Waals surface area contributed by atoms with E-state index < -0.39 is 10.0 Å². The first-order chi connectivity index (χ1) is 11.3. The zero-order chi connectivity index (χ0) is 17.5. The average molecular weight is 363 g/mol. The second-order valence-electron chi connectivity index (χ2n) is 5.57. The minimum atomic E-state index is -3.86. The third-order valence-electron chi connectivity index (χ3n) is 3.78. The molecule has 0 saturated heterocycles. The monoisotopic (exact) mass is 362 g/mol. The number of para-hydroxylation sites is 1. The van der Waals surface area contributed by atoms with Gasteiger partial charge in [-0.25, -0.2) is 8.42 Å². The summed E-state index contributed by atoms with van der Waals surface area (Å²) in [5, 5.41) is 0.675. The van der Waals surface area contributed by atoms with Gasteiger partial charge in [0.05, 0.1) is 16.2 Å². The van der Waals surface area contributed by atoms with E-state index in [-0.39, 0.29) is 15.5 Å². The summed E-state index contributed by atoms with van der Waals surface area (Å²) in [7, 11) is -3.86. The molecule has 2 N–H and O–H groups in total. The van der Waals surface area contributed by atoms with E-state index in [1.165, 1.54) is 18.2 Å². The highest BCUT2D eigenvalue weighted by Gasteiger charge is 2.20. The fourth-order valence-electron chi connectivity index (χ4n) is 2.52. The van der Waals surface area contributed by atoms with E-state index in [0.29, 0.717) is 22.2 Å². The summed E-state index contributed by atoms with van der Waals surface area (Å²) in [6.45, 7) is 3.56. The molecular formula is C17H15ClN2O3S. The largest absolute Gasteiger partial charge is 0.322 e. The van der Waals surface area contributed by atoms with Crippen molar-refractivity contribution in [2.24, 2.45) is 0 Å². The van der Waals surface area contributed by atoms with E-state index in [1.54, 1.807) is 19.1 Å². The molecule has 0 fully saturated rings. The predicted molar refractivity (Wildman–Crippen MR) is 96.3 cm³/mol. The molecule has 5 nitrogen and oxygen atoms in total. The standard InChI is InChI=1S/C17H15ClN2O3S/c1-10-5-3-4-6-14(10)20-24(22,23)16-8-12-11(2)7-17(21)19-15(12)9-13(16)18/h3-9,20H,1-2H3,(H,19,21). The number of benzene rings is 2. The van der Waals surface area contributed by atoms with Gasteiger partial charge in [-0.2, -0.15) is 0 Å². The van der Waals surface area contributed by atoms with Crippen molar-refractivity contribution < 1.29 is 8.42 Å². The quantitative estimate of drug-likeness (QED) is 0.747. The van der Waals surface area contributed by atoms with Crippen LogP contribution in [0.4, 0.5) is 5.69 Å². The number of pyridine rings is 1. The number of rotatable bonds is 3. The molecule has 7 heteroatoms. The lowest BCUT2D eigenvalue weighted by atomic mass is 10.1. The zero-order valence-corrected chi connectivity index (χ0v) is 14.6. The van der Waals surface area contributed by atoms with Crippen LogP contribution in [0.25, 0.3) is 10.9 Å². The number of anilines is 1. The molecule has 0 amide bonds. The van der Waals surface area contributed by atoms with Crippen LogP contribution >= 0.6 is 11.6 Å². The molecule has 0 spiro atoms. The van der Waals surface area contributed by atoms with E-state index in [2.05, 4.69) is 9.71 Å². The van der Waals surface area contributed by atoms with Gasteiger partial charge in [0.25, 0.3) is 10.0 Å². The van der Waals surface area contributed by atoms with Crippen LogP contribution in [-0.4, -0.2) is 13.4 Å². The van der Waals surface area contributed by atoms with Gasteiger partial charge >= 0.3 is 0 Å². The molecule has 0 aliphatic rings. The SMILES string of the molecule is Cc1ccccc1NS(=O)(=O)c1cc2c(C)cc(=O)[nH]c2cc1Cl. The number of aromatic nitrogens is 1. The van der Waals surface area contributed by atoms with Crippen LogP contribution in [0.5, 0.6) is 0 Å². The van der Waals surface area contributed by atoms with Crippen molar-refractivity contribution in [1.29, 1.82) is 0 Å². The molecule has 24 heavy (non-hydrogen) atoms. The van der Waals surface area contributed by atoms with Crippen molar-refractivity contribution in [3.8, 4) is 0 Å². The van der Waals surface area contributed by atoms with Crippen molar-refractivity contribution >= 4 is 38.2 Å². The molecule has 3 rings (SSSR count). The van der Waals surface area contributed by atoms with Crippen LogP contribution < -0.4 is 10.3 Å². The van der Waals surface area contributed by atoms with Crippen LogP contribution in [0.1, 0.15) is 11.1 Å². The maximum atomic E-state index is 12.7. The molecule has 1 aromatic heterocycles. The number of hydrogen-bond acceptors (Lipinski definition) is 3. The molecule has 0 radical (unpaired) electrons. The highest BCUT2D eigenvalue weighted by molar-refractivity contribution is 7.92. The Morgan fingerprint density at radius 2 is 1.75 bits per heavy atom. The number of sulfonamides is 1. The van der Waals surface area contributed by atoms with Gasteiger partial charge in [0.1, 0.15) is 4.90 Å². The van der Waals surface area contributed by atoms with Crippen molar-refractivity contribution in [3.63, 3.8) is 0 Å². The predicted octanol–water partition coefficient (Wildman–Crippen LogP) is 3.60. The molecule has 124 valence electrons. The smallest absolute Gasteiger partial charge is 0.263 e. The van der Waals surface area contributed by atoms with Crippen molar-refractivity contribution in [2.75, 3.05) is 4.72 Å². The second-order valence-corrected chi connectivity index (χ2v) is 7.62. The first-order valence-electron chi connectivity index (χ1n) is 7.19. The maximum absolute atomic E-state index is 12.7. The van der Waals surface area contributed by atoms with Crippen LogP contribution in [0.2, 0.25) is 5.02 Å². The third kappa shape index (κ3) is 3.02. The Morgan fingerprint density at radius 3 is 2.46 bits per heavy atom. The van der Waals surface area contributed by atoms with Gasteiger partial charge in [0.2, 0.25) is 5.56 Å². The Kier molecular flexibility index (Phi) is 4.11. The zero-order valence-electron chi connectivity index (χ0n) is 13.1. The highest BCUT2D eigenvalue weighted by atomic mass is 35.5. The van der Waals surface area contributed by atoms with Crippen LogP contribution in [0.3, 0.4) is 0 Å². The van der Waals surface area contributed by atoms with Crippen LogP contribution in [0.15, 0.2) is 52.2 Å². The molecule has 1 heterocycles. The summed E-state index contributed by atoms with van der Waals surface area (Å²) in [4.78, 5) is 14.2. The molecule has 3 aromatic rings. The normalized spacial score (nSPS) is 11.6. The lowest BCUT2D eigenvalue weighted by molar-refractivity contribution is 0.601. The first-order valence-corrected chi connectivity index (χ1v) is 9.06. The van der Waals surface area contributed by atoms with E-state index in [1.807, 2.05) is 19.1 Å². The summed E-state index contributed by atoms with van der Waals surface area (Å²) in [6, 6.07) is 11.4. The van der Waals surface area contributed by atoms with Crippen molar-refractivity contribution in [3.05, 3.63) is 69.0 Å². The number of nitrogens with one attached hydrogen (secondary N) is 2. The Morgan fingerprint density at radius 1 is 1.04 bits per heavy atom. The minimum absolute atomic E-state index is 0.0323. The molecule has 0 bridgehead atoms. The van der Waals surface area contributed by atoms with Crippen molar-refractivity contribution in [2.45, 2.75) is 18.7 Å². The van der Waals surface area contributed by atoms with Gasteiger partial charge in [0, 0.05) is 11.5 Å². The Bertz CT molecular complexity index is 1100. The highest BCUT2D eigenvalue weighted by Crippen LogP contribution is 2.29.